The maximum Gasteiger partial charge on any atom is 0.161 e. The Bertz CT molecular complexity index is 555. The van der Waals surface area contributed by atoms with Crippen LogP contribution in [0.2, 0.25) is 0 Å². The minimum Gasteiger partial charge on any atom is -0.308 e. The Hall–Kier alpha value is -0.920. The number of hydrogen-bond donors (Lipinski definition) is 1. The van der Waals surface area contributed by atoms with E-state index in [4.69, 9.17) is 0 Å². The summed E-state index contributed by atoms with van der Waals surface area (Å²) in [4.78, 5) is 1.05. The third-order valence-corrected chi connectivity index (χ3v) is 4.89. The molecule has 5 nitrogen and oxygen atoms in total. The number of nitrogens with zero attached hydrogens (tertiary/aromatic N) is 4. The van der Waals surface area contributed by atoms with E-state index in [1.807, 2.05) is 0 Å². The lowest BCUT2D eigenvalue weighted by molar-refractivity contribution is 0.564. The van der Waals surface area contributed by atoms with Gasteiger partial charge in [0.25, 0.3) is 0 Å². The lowest BCUT2D eigenvalue weighted by Crippen LogP contribution is -2.18. The van der Waals surface area contributed by atoms with Crippen LogP contribution in [-0.4, -0.2) is 26.3 Å². The SMILES string of the molecule is CCCNC(C)c1nnc(-c2snnc2C(C)(C)C)s1. The number of aromatic nitrogens is 4. The molecule has 0 aliphatic heterocycles. The summed E-state index contributed by atoms with van der Waals surface area (Å²) in [6.07, 6.45) is 1.11. The van der Waals surface area contributed by atoms with Gasteiger partial charge in [0.05, 0.1) is 11.7 Å². The lowest BCUT2D eigenvalue weighted by atomic mass is 9.91. The molecular formula is C13H21N5S2. The zero-order chi connectivity index (χ0) is 14.8. The quantitative estimate of drug-likeness (QED) is 0.916. The molecule has 0 bridgehead atoms. The highest BCUT2D eigenvalue weighted by Gasteiger charge is 2.25. The maximum absolute atomic E-state index is 4.32. The van der Waals surface area contributed by atoms with Crippen molar-refractivity contribution < 1.29 is 0 Å². The van der Waals surface area contributed by atoms with Gasteiger partial charge in [-0.3, -0.25) is 0 Å². The first-order valence-corrected chi connectivity index (χ1v) is 8.42. The maximum atomic E-state index is 4.32. The van der Waals surface area contributed by atoms with Gasteiger partial charge in [-0.15, -0.1) is 15.3 Å². The highest BCUT2D eigenvalue weighted by atomic mass is 32.1. The summed E-state index contributed by atoms with van der Waals surface area (Å²) in [7, 11) is 0. The Morgan fingerprint density at radius 3 is 2.60 bits per heavy atom. The largest absolute Gasteiger partial charge is 0.308 e. The van der Waals surface area contributed by atoms with Crippen LogP contribution in [0.4, 0.5) is 0 Å². The normalized spacial score (nSPS) is 13.7. The molecule has 1 unspecified atom stereocenters. The van der Waals surface area contributed by atoms with Gasteiger partial charge >= 0.3 is 0 Å². The molecule has 0 saturated heterocycles. The Kier molecular flexibility index (Phi) is 4.82. The van der Waals surface area contributed by atoms with Crippen LogP contribution < -0.4 is 5.32 Å². The van der Waals surface area contributed by atoms with Crippen molar-refractivity contribution in [2.75, 3.05) is 6.54 Å². The topological polar surface area (TPSA) is 63.6 Å². The van der Waals surface area contributed by atoms with Crippen LogP contribution in [-0.2, 0) is 5.41 Å². The first-order valence-electron chi connectivity index (χ1n) is 6.83. The Morgan fingerprint density at radius 2 is 1.95 bits per heavy atom. The van der Waals surface area contributed by atoms with Gasteiger partial charge in [0, 0.05) is 5.41 Å². The number of nitrogens with one attached hydrogen (secondary N) is 1. The highest BCUT2D eigenvalue weighted by molar-refractivity contribution is 7.19. The zero-order valence-corrected chi connectivity index (χ0v) is 14.2. The minimum atomic E-state index is -0.0275. The van der Waals surface area contributed by atoms with Gasteiger partial charge in [0.15, 0.2) is 5.01 Å². The summed E-state index contributed by atoms with van der Waals surface area (Å²) in [6.45, 7) is 11.7. The zero-order valence-electron chi connectivity index (χ0n) is 12.6. The standard InChI is InChI=1S/C13H21N5S2/c1-6-7-14-8(2)11-16-17-12(19-11)9-10(13(3,4)5)15-18-20-9/h8,14H,6-7H2,1-5H3. The van der Waals surface area contributed by atoms with Crippen LogP contribution in [0.15, 0.2) is 0 Å². The van der Waals surface area contributed by atoms with E-state index in [9.17, 15) is 0 Å². The van der Waals surface area contributed by atoms with Crippen molar-refractivity contribution in [3.8, 4) is 9.88 Å². The first-order chi connectivity index (χ1) is 9.43. The van der Waals surface area contributed by atoms with Crippen molar-refractivity contribution in [3.05, 3.63) is 10.7 Å². The van der Waals surface area contributed by atoms with E-state index in [2.05, 4.69) is 59.7 Å². The number of hydrogen-bond acceptors (Lipinski definition) is 7. The fourth-order valence-corrected chi connectivity index (χ4v) is 3.58. The van der Waals surface area contributed by atoms with Crippen LogP contribution in [0.1, 0.15) is 57.8 Å². The molecule has 0 aliphatic rings. The molecule has 2 aromatic heterocycles. The van der Waals surface area contributed by atoms with Crippen molar-refractivity contribution in [1.29, 1.82) is 0 Å². The van der Waals surface area contributed by atoms with E-state index in [0.717, 1.165) is 33.6 Å². The molecule has 0 amide bonds. The third-order valence-electron chi connectivity index (χ3n) is 2.90. The highest BCUT2D eigenvalue weighted by Crippen LogP contribution is 2.36. The van der Waals surface area contributed by atoms with Crippen molar-refractivity contribution >= 4 is 22.9 Å². The molecule has 0 fully saturated rings. The monoisotopic (exact) mass is 311 g/mol. The average molecular weight is 311 g/mol. The van der Waals surface area contributed by atoms with Crippen molar-refractivity contribution in [1.82, 2.24) is 25.1 Å². The van der Waals surface area contributed by atoms with Crippen molar-refractivity contribution in [3.63, 3.8) is 0 Å². The van der Waals surface area contributed by atoms with Gasteiger partial charge in [0.2, 0.25) is 0 Å². The van der Waals surface area contributed by atoms with Crippen LogP contribution in [0.25, 0.3) is 9.88 Å². The van der Waals surface area contributed by atoms with Crippen LogP contribution in [0.5, 0.6) is 0 Å². The van der Waals surface area contributed by atoms with Gasteiger partial charge in [-0.25, -0.2) is 0 Å². The van der Waals surface area contributed by atoms with Crippen LogP contribution in [0, 0.1) is 0 Å². The Balaban J connectivity index is 2.23. The van der Waals surface area contributed by atoms with Crippen molar-refractivity contribution in [2.45, 2.75) is 52.5 Å². The summed E-state index contributed by atoms with van der Waals surface area (Å²) in [5, 5.41) is 18.3. The predicted molar refractivity (Wildman–Crippen MR) is 84.2 cm³/mol. The summed E-state index contributed by atoms with van der Waals surface area (Å²) < 4.78 is 4.08. The molecule has 0 aliphatic carbocycles. The second-order valence-electron chi connectivity index (χ2n) is 5.82. The van der Waals surface area contributed by atoms with Gasteiger partial charge in [-0.2, -0.15) is 0 Å². The van der Waals surface area contributed by atoms with E-state index in [1.165, 1.54) is 11.5 Å². The van der Waals surface area contributed by atoms with E-state index >= 15 is 0 Å². The van der Waals surface area contributed by atoms with E-state index in [0.29, 0.717) is 0 Å². The molecular weight excluding hydrogens is 290 g/mol. The second-order valence-corrected chi connectivity index (χ2v) is 7.59. The summed E-state index contributed by atoms with van der Waals surface area (Å²) in [5.41, 5.74) is 0.972. The van der Waals surface area contributed by atoms with Gasteiger partial charge in [-0.1, -0.05) is 43.5 Å². The average Bonchev–Trinajstić information content (AvgIpc) is 3.02. The predicted octanol–water partition coefficient (Wildman–Crippen LogP) is 3.41. The van der Waals surface area contributed by atoms with Crippen molar-refractivity contribution in [2.24, 2.45) is 0 Å². The molecule has 2 aromatic rings. The molecule has 7 heteroatoms. The van der Waals surface area contributed by atoms with E-state index in [1.54, 1.807) is 11.3 Å². The molecule has 1 atom stereocenters. The molecule has 0 spiro atoms. The molecule has 20 heavy (non-hydrogen) atoms. The summed E-state index contributed by atoms with van der Waals surface area (Å²) >= 11 is 3.02. The van der Waals surface area contributed by atoms with Gasteiger partial charge in [-0.05, 0) is 31.4 Å². The first kappa shape index (κ1) is 15.5. The smallest absolute Gasteiger partial charge is 0.161 e. The molecule has 2 rings (SSSR count). The Morgan fingerprint density at radius 1 is 1.20 bits per heavy atom. The molecule has 0 aromatic carbocycles. The summed E-state index contributed by atoms with van der Waals surface area (Å²) in [6, 6.07) is 0.236. The van der Waals surface area contributed by atoms with Gasteiger partial charge < -0.3 is 5.32 Å². The van der Waals surface area contributed by atoms with E-state index < -0.39 is 0 Å². The van der Waals surface area contributed by atoms with Gasteiger partial charge in [0.1, 0.15) is 9.88 Å². The molecule has 1 N–H and O–H groups in total. The molecule has 110 valence electrons. The molecule has 0 saturated carbocycles. The minimum absolute atomic E-state index is 0.0275. The third kappa shape index (κ3) is 3.39. The number of rotatable bonds is 5. The fraction of sp³-hybridized carbons (Fsp3) is 0.692. The molecule has 2 heterocycles. The van der Waals surface area contributed by atoms with Crippen LogP contribution in [0.3, 0.4) is 0 Å². The Labute approximate surface area is 128 Å². The second kappa shape index (κ2) is 6.24. The molecule has 0 radical (unpaired) electrons. The lowest BCUT2D eigenvalue weighted by Gasteiger charge is -2.15. The fourth-order valence-electron chi connectivity index (χ4n) is 1.77. The van der Waals surface area contributed by atoms with Crippen LogP contribution >= 0.6 is 22.9 Å². The summed E-state index contributed by atoms with van der Waals surface area (Å²) in [5.74, 6) is 0. The van der Waals surface area contributed by atoms with E-state index in [-0.39, 0.29) is 11.5 Å².